The molecule has 3 rings (SSSR count). The molecule has 216 valence electrons. The second-order valence-corrected chi connectivity index (χ2v) is 17.7. The number of carbonyl (C=O) groups excluding carboxylic acids is 1. The fraction of sp³-hybridized carbons (Fsp3) is 0.774. The number of esters is 1. The molecule has 2 saturated heterocycles. The lowest BCUT2D eigenvalue weighted by molar-refractivity contribution is -0.290. The first kappa shape index (κ1) is 31.3. The molecule has 0 radical (unpaired) electrons. The summed E-state index contributed by atoms with van der Waals surface area (Å²) in [4.78, 5) is 11.8. The van der Waals surface area contributed by atoms with E-state index in [2.05, 4.69) is 53.7 Å². The van der Waals surface area contributed by atoms with Crippen molar-refractivity contribution in [1.29, 1.82) is 0 Å². The van der Waals surface area contributed by atoms with Gasteiger partial charge < -0.3 is 23.4 Å². The Bertz CT molecular complexity index is 822. The van der Waals surface area contributed by atoms with Gasteiger partial charge in [-0.25, -0.2) is 0 Å². The van der Waals surface area contributed by atoms with Crippen LogP contribution in [0.5, 0.6) is 0 Å². The summed E-state index contributed by atoms with van der Waals surface area (Å²) in [6, 6.07) is 10.3. The van der Waals surface area contributed by atoms with E-state index in [0.29, 0.717) is 36.3 Å². The fourth-order valence-electron chi connectivity index (χ4n) is 6.86. The molecule has 0 amide bonds. The van der Waals surface area contributed by atoms with Crippen molar-refractivity contribution < 1.29 is 28.2 Å². The van der Waals surface area contributed by atoms with Crippen LogP contribution in [0.4, 0.5) is 0 Å². The molecule has 1 aromatic rings. The smallest absolute Gasteiger partial charge is 0.302 e. The van der Waals surface area contributed by atoms with Crippen molar-refractivity contribution in [2.75, 3.05) is 13.2 Å². The molecule has 38 heavy (non-hydrogen) atoms. The molecular formula is C31H52O6Si. The van der Waals surface area contributed by atoms with Crippen LogP contribution in [-0.2, 0) is 34.8 Å². The van der Waals surface area contributed by atoms with Gasteiger partial charge in [-0.3, -0.25) is 4.79 Å². The second kappa shape index (κ2) is 14.4. The zero-order valence-corrected chi connectivity index (χ0v) is 25.9. The molecule has 6 nitrogen and oxygen atoms in total. The lowest BCUT2D eigenvalue weighted by Crippen LogP contribution is -2.50. The van der Waals surface area contributed by atoms with Gasteiger partial charge in [-0.2, -0.15) is 0 Å². The summed E-state index contributed by atoms with van der Waals surface area (Å²) >= 11 is 0. The van der Waals surface area contributed by atoms with Crippen LogP contribution in [0.25, 0.3) is 0 Å². The van der Waals surface area contributed by atoms with Crippen LogP contribution in [0.2, 0.25) is 16.6 Å². The maximum atomic E-state index is 11.8. The van der Waals surface area contributed by atoms with Crippen LogP contribution in [-0.4, -0.2) is 51.6 Å². The van der Waals surface area contributed by atoms with Crippen LogP contribution in [0.3, 0.4) is 0 Å². The van der Waals surface area contributed by atoms with Crippen molar-refractivity contribution in [3.8, 4) is 0 Å². The molecule has 1 aromatic carbocycles. The highest BCUT2D eigenvalue weighted by Crippen LogP contribution is 2.45. The van der Waals surface area contributed by atoms with Gasteiger partial charge in [-0.15, -0.1) is 0 Å². The van der Waals surface area contributed by atoms with Crippen molar-refractivity contribution in [2.45, 2.75) is 141 Å². The third-order valence-corrected chi connectivity index (χ3v) is 14.5. The first-order valence-electron chi connectivity index (χ1n) is 14.8. The molecule has 0 unspecified atom stereocenters. The molecule has 0 saturated carbocycles. The first-order chi connectivity index (χ1) is 18.1. The SMILES string of the molecule is CC(=O)O[C@H]1C[C@H](CCCCOCc2ccccc2)O[C@@]2(CC[C@@H](CO[Si](C(C)C)(C(C)C)C(C)C)O2)C1. The summed E-state index contributed by atoms with van der Waals surface area (Å²) in [6.07, 6.45) is 5.78. The summed E-state index contributed by atoms with van der Waals surface area (Å²) < 4.78 is 31.6. The summed E-state index contributed by atoms with van der Waals surface area (Å²) in [5.74, 6) is -0.918. The van der Waals surface area contributed by atoms with Crippen molar-refractivity contribution in [3.05, 3.63) is 35.9 Å². The number of carbonyl (C=O) groups is 1. The van der Waals surface area contributed by atoms with Gasteiger partial charge in [0.1, 0.15) is 6.10 Å². The molecule has 1 spiro atoms. The Kier molecular flexibility index (Phi) is 11.9. The van der Waals surface area contributed by atoms with Crippen LogP contribution >= 0.6 is 0 Å². The van der Waals surface area contributed by atoms with Crippen LogP contribution < -0.4 is 0 Å². The van der Waals surface area contributed by atoms with E-state index in [9.17, 15) is 4.79 Å². The normalized spacial score (nSPS) is 26.1. The minimum Gasteiger partial charge on any atom is -0.462 e. The van der Waals surface area contributed by atoms with E-state index in [1.165, 1.54) is 12.5 Å². The third kappa shape index (κ3) is 8.37. The zero-order chi connectivity index (χ0) is 27.8. The molecule has 0 aromatic heterocycles. The average molecular weight is 549 g/mol. The number of rotatable bonds is 14. The Morgan fingerprint density at radius 2 is 1.66 bits per heavy atom. The van der Waals surface area contributed by atoms with Crippen molar-refractivity contribution in [2.24, 2.45) is 0 Å². The highest BCUT2D eigenvalue weighted by Gasteiger charge is 2.50. The van der Waals surface area contributed by atoms with Crippen LogP contribution in [0, 0.1) is 0 Å². The van der Waals surface area contributed by atoms with Gasteiger partial charge in [0.05, 0.1) is 25.4 Å². The van der Waals surface area contributed by atoms with Crippen LogP contribution in [0.15, 0.2) is 30.3 Å². The topological polar surface area (TPSA) is 63.2 Å². The Hall–Kier alpha value is -1.25. The summed E-state index contributed by atoms with van der Waals surface area (Å²) in [5, 5.41) is 0. The van der Waals surface area contributed by atoms with Gasteiger partial charge in [0.15, 0.2) is 14.1 Å². The van der Waals surface area contributed by atoms with Gasteiger partial charge in [-0.05, 0) is 47.9 Å². The standard InChI is InChI=1S/C31H52O6Si/c1-23(2)38(24(3)4,25(5)6)34-22-29-16-17-31(37-29)20-30(35-26(7)32)19-28(36-31)15-11-12-18-33-21-27-13-9-8-10-14-27/h8-10,13-14,23-25,28-30H,11-12,15-22H2,1-7H3/t28-,29-,30-,31+/m0/s1. The zero-order valence-electron chi connectivity index (χ0n) is 24.9. The van der Waals surface area contributed by atoms with Gasteiger partial charge in [0, 0.05) is 32.8 Å². The van der Waals surface area contributed by atoms with Gasteiger partial charge in [0.2, 0.25) is 0 Å². The monoisotopic (exact) mass is 548 g/mol. The molecule has 2 heterocycles. The Labute approximate surface area is 232 Å². The Balaban J connectivity index is 1.52. The number of unbranched alkanes of at least 4 members (excludes halogenated alkanes) is 1. The predicted octanol–water partition coefficient (Wildman–Crippen LogP) is 7.55. The highest BCUT2D eigenvalue weighted by molar-refractivity contribution is 6.77. The average Bonchev–Trinajstić information content (AvgIpc) is 3.22. The summed E-state index contributed by atoms with van der Waals surface area (Å²) in [7, 11) is -1.96. The highest BCUT2D eigenvalue weighted by atomic mass is 28.4. The molecular weight excluding hydrogens is 496 g/mol. The molecule has 0 N–H and O–H groups in total. The van der Waals surface area contributed by atoms with Gasteiger partial charge in [-0.1, -0.05) is 71.9 Å². The van der Waals surface area contributed by atoms with E-state index in [1.54, 1.807) is 0 Å². The largest absolute Gasteiger partial charge is 0.462 e. The Morgan fingerprint density at radius 3 is 2.29 bits per heavy atom. The van der Waals surface area contributed by atoms with Gasteiger partial charge >= 0.3 is 5.97 Å². The lowest BCUT2D eigenvalue weighted by Gasteiger charge is -2.43. The molecule has 2 aliphatic rings. The number of benzene rings is 1. The predicted molar refractivity (Wildman–Crippen MR) is 153 cm³/mol. The van der Waals surface area contributed by atoms with E-state index in [4.69, 9.17) is 23.4 Å². The molecule has 0 bridgehead atoms. The summed E-state index contributed by atoms with van der Waals surface area (Å²) in [5.41, 5.74) is 2.82. The van der Waals surface area contributed by atoms with E-state index < -0.39 is 14.1 Å². The molecule has 2 aliphatic heterocycles. The maximum absolute atomic E-state index is 11.8. The minimum absolute atomic E-state index is 0.0114. The lowest BCUT2D eigenvalue weighted by atomic mass is 9.93. The molecule has 7 heteroatoms. The quantitative estimate of drug-likeness (QED) is 0.136. The van der Waals surface area contributed by atoms with E-state index in [0.717, 1.165) is 45.1 Å². The van der Waals surface area contributed by atoms with Crippen molar-refractivity contribution >= 4 is 14.3 Å². The fourth-order valence-corrected chi connectivity index (χ4v) is 12.3. The van der Waals surface area contributed by atoms with E-state index in [-0.39, 0.29) is 24.3 Å². The summed E-state index contributed by atoms with van der Waals surface area (Å²) in [6.45, 7) is 17.4. The van der Waals surface area contributed by atoms with Crippen LogP contribution in [0.1, 0.15) is 99.0 Å². The Morgan fingerprint density at radius 1 is 1.00 bits per heavy atom. The van der Waals surface area contributed by atoms with E-state index in [1.807, 2.05) is 18.2 Å². The second-order valence-electron chi connectivity index (χ2n) is 12.3. The molecule has 4 atom stereocenters. The molecule has 0 aliphatic carbocycles. The van der Waals surface area contributed by atoms with Gasteiger partial charge in [0.25, 0.3) is 0 Å². The maximum Gasteiger partial charge on any atom is 0.302 e. The molecule has 2 fully saturated rings. The van der Waals surface area contributed by atoms with Crippen molar-refractivity contribution in [3.63, 3.8) is 0 Å². The number of ether oxygens (including phenoxy) is 4. The first-order valence-corrected chi connectivity index (χ1v) is 17.0. The van der Waals surface area contributed by atoms with Crippen molar-refractivity contribution in [1.82, 2.24) is 0 Å². The van der Waals surface area contributed by atoms with E-state index >= 15 is 0 Å². The third-order valence-electron chi connectivity index (χ3n) is 8.41. The number of hydrogen-bond donors (Lipinski definition) is 0. The minimum atomic E-state index is -1.96. The number of hydrogen-bond acceptors (Lipinski definition) is 6.